The average Bonchev–Trinajstić information content (AvgIpc) is 2.79. The van der Waals surface area contributed by atoms with Gasteiger partial charge >= 0.3 is 0 Å². The molecule has 32 heavy (non-hydrogen) atoms. The molecule has 172 valence electrons. The molecule has 1 heterocycles. The maximum Gasteiger partial charge on any atom is 0.298 e. The third-order valence-corrected chi connectivity index (χ3v) is 5.95. The number of ketones is 1. The fourth-order valence-electron chi connectivity index (χ4n) is 4.02. The number of carbonyl (C=O) groups is 2. The van der Waals surface area contributed by atoms with Gasteiger partial charge in [-0.05, 0) is 62.2 Å². The molecule has 0 spiro atoms. The van der Waals surface area contributed by atoms with Gasteiger partial charge in [-0.3, -0.25) is 14.5 Å². The second-order valence-electron chi connectivity index (χ2n) is 8.33. The number of nitrogens with zero attached hydrogens (tertiary/aromatic N) is 3. The Bertz CT molecular complexity index is 896. The molecular weight excluding hydrogens is 409 g/mol. The van der Waals surface area contributed by atoms with Crippen molar-refractivity contribution in [1.29, 1.82) is 0 Å². The summed E-state index contributed by atoms with van der Waals surface area (Å²) in [5, 5.41) is 0. The van der Waals surface area contributed by atoms with Gasteiger partial charge in [0.25, 0.3) is 6.47 Å². The summed E-state index contributed by atoms with van der Waals surface area (Å²) < 4.78 is 18.2. The van der Waals surface area contributed by atoms with Gasteiger partial charge < -0.3 is 14.5 Å². The van der Waals surface area contributed by atoms with Crippen molar-refractivity contribution in [3.8, 4) is 5.75 Å². The van der Waals surface area contributed by atoms with E-state index in [4.69, 9.17) is 4.74 Å². The number of piperazine rings is 1. The highest BCUT2D eigenvalue weighted by Crippen LogP contribution is 2.29. The minimum Gasteiger partial charge on any atom is -0.427 e. The van der Waals surface area contributed by atoms with Gasteiger partial charge in [-0.15, -0.1) is 0 Å². The van der Waals surface area contributed by atoms with Crippen LogP contribution in [0.3, 0.4) is 0 Å². The smallest absolute Gasteiger partial charge is 0.298 e. The maximum absolute atomic E-state index is 13.1. The van der Waals surface area contributed by atoms with Crippen LogP contribution < -0.4 is 9.64 Å². The van der Waals surface area contributed by atoms with Crippen molar-refractivity contribution in [2.24, 2.45) is 0 Å². The minimum atomic E-state index is -0.190. The highest BCUT2D eigenvalue weighted by molar-refractivity contribution is 5.95. The average molecular weight is 442 g/mol. The Balaban J connectivity index is 1.39. The van der Waals surface area contributed by atoms with E-state index < -0.39 is 0 Å². The molecule has 1 aliphatic rings. The van der Waals surface area contributed by atoms with Gasteiger partial charge in [0.2, 0.25) is 0 Å². The van der Waals surface area contributed by atoms with Crippen LogP contribution in [0, 0.1) is 5.82 Å². The van der Waals surface area contributed by atoms with Crippen molar-refractivity contribution in [3.05, 3.63) is 59.4 Å². The van der Waals surface area contributed by atoms with E-state index in [0.29, 0.717) is 17.8 Å². The first-order valence-electron chi connectivity index (χ1n) is 11.1. The number of benzene rings is 2. The Morgan fingerprint density at radius 3 is 2.41 bits per heavy atom. The molecular formula is C25H32FN3O3. The molecule has 3 rings (SSSR count). The largest absolute Gasteiger partial charge is 0.427 e. The van der Waals surface area contributed by atoms with Crippen LogP contribution in [0.25, 0.3) is 0 Å². The lowest BCUT2D eigenvalue weighted by atomic mass is 10.1. The third-order valence-electron chi connectivity index (χ3n) is 5.95. The lowest BCUT2D eigenvalue weighted by Crippen LogP contribution is -2.46. The van der Waals surface area contributed by atoms with Crippen molar-refractivity contribution >= 4 is 17.9 Å². The fourth-order valence-corrected chi connectivity index (χ4v) is 4.02. The number of halogens is 1. The molecule has 0 N–H and O–H groups in total. The summed E-state index contributed by atoms with van der Waals surface area (Å²) in [6, 6.07) is 12.0. The molecule has 1 aliphatic heterocycles. The number of ether oxygens (including phenoxy) is 1. The molecule has 1 fully saturated rings. The van der Waals surface area contributed by atoms with Crippen molar-refractivity contribution in [1.82, 2.24) is 9.80 Å². The van der Waals surface area contributed by atoms with Gasteiger partial charge in [0.05, 0.1) is 5.69 Å². The molecule has 6 nitrogen and oxygen atoms in total. The van der Waals surface area contributed by atoms with Crippen molar-refractivity contribution in [3.63, 3.8) is 0 Å². The van der Waals surface area contributed by atoms with Crippen molar-refractivity contribution < 1.29 is 18.7 Å². The predicted octanol–water partition coefficient (Wildman–Crippen LogP) is 3.60. The molecule has 0 saturated carbocycles. The lowest BCUT2D eigenvalue weighted by Gasteiger charge is -2.34. The summed E-state index contributed by atoms with van der Waals surface area (Å²) in [7, 11) is 1.97. The lowest BCUT2D eigenvalue weighted by molar-refractivity contribution is -0.120. The minimum absolute atomic E-state index is 0.0623. The van der Waals surface area contributed by atoms with Crippen LogP contribution in [0.5, 0.6) is 5.75 Å². The van der Waals surface area contributed by atoms with Crippen molar-refractivity contribution in [2.75, 3.05) is 51.2 Å². The Kier molecular flexibility index (Phi) is 8.76. The molecule has 2 aromatic rings. The Morgan fingerprint density at radius 2 is 1.75 bits per heavy atom. The van der Waals surface area contributed by atoms with Crippen LogP contribution in [0.1, 0.15) is 35.7 Å². The Morgan fingerprint density at radius 1 is 1.06 bits per heavy atom. The molecule has 0 aromatic heterocycles. The van der Waals surface area contributed by atoms with Gasteiger partial charge in [-0.25, -0.2) is 4.39 Å². The van der Waals surface area contributed by atoms with E-state index in [1.165, 1.54) is 19.1 Å². The number of rotatable bonds is 11. The highest BCUT2D eigenvalue weighted by Gasteiger charge is 2.17. The summed E-state index contributed by atoms with van der Waals surface area (Å²) in [6.45, 7) is 8.77. The van der Waals surface area contributed by atoms with E-state index in [9.17, 15) is 14.0 Å². The fraction of sp³-hybridized carbons (Fsp3) is 0.440. The van der Waals surface area contributed by atoms with Crippen molar-refractivity contribution in [2.45, 2.75) is 26.3 Å². The highest BCUT2D eigenvalue weighted by atomic mass is 19.1. The molecule has 2 aromatic carbocycles. The van der Waals surface area contributed by atoms with Crippen LogP contribution in [-0.2, 0) is 11.3 Å². The maximum atomic E-state index is 13.1. The zero-order chi connectivity index (χ0) is 22.9. The summed E-state index contributed by atoms with van der Waals surface area (Å²) >= 11 is 0. The molecule has 0 bridgehead atoms. The number of anilines is 1. The molecule has 0 unspecified atom stereocenters. The first-order chi connectivity index (χ1) is 15.5. The number of carbonyl (C=O) groups excluding carboxylic acids is 2. The second kappa shape index (κ2) is 11.7. The number of Topliss-reactive ketones (excluding diaryl/α,β-unsaturated/α-hetero) is 1. The van der Waals surface area contributed by atoms with E-state index in [-0.39, 0.29) is 11.6 Å². The zero-order valence-corrected chi connectivity index (χ0v) is 18.9. The Labute approximate surface area is 189 Å². The summed E-state index contributed by atoms with van der Waals surface area (Å²) in [5.41, 5.74) is 2.48. The zero-order valence-electron chi connectivity index (χ0n) is 18.9. The summed E-state index contributed by atoms with van der Waals surface area (Å²) in [4.78, 5) is 29.4. The van der Waals surface area contributed by atoms with Gasteiger partial charge in [-0.1, -0.05) is 12.1 Å². The van der Waals surface area contributed by atoms with Gasteiger partial charge in [0, 0.05) is 51.9 Å². The number of unbranched alkanes of at least 4 members (excludes halogenated alkanes) is 1. The molecule has 0 amide bonds. The molecule has 1 saturated heterocycles. The molecule has 0 radical (unpaired) electrons. The van der Waals surface area contributed by atoms with Crippen LogP contribution in [-0.4, -0.2) is 68.4 Å². The van der Waals surface area contributed by atoms with Gasteiger partial charge in [0.1, 0.15) is 5.82 Å². The van der Waals surface area contributed by atoms with Gasteiger partial charge in [0.15, 0.2) is 11.5 Å². The molecule has 7 heteroatoms. The Hall–Kier alpha value is -2.77. The first kappa shape index (κ1) is 23.9. The quantitative estimate of drug-likeness (QED) is 0.302. The molecule has 0 atom stereocenters. The topological polar surface area (TPSA) is 53.1 Å². The first-order valence-corrected chi connectivity index (χ1v) is 11.1. The monoisotopic (exact) mass is 441 g/mol. The SMILES string of the molecule is CC(=O)c1ccc(N(C)CCCCN2CCN(Cc3ccc(F)cc3)CC2)c(OC=O)c1. The van der Waals surface area contributed by atoms with Gasteiger partial charge in [-0.2, -0.15) is 0 Å². The third kappa shape index (κ3) is 6.87. The van der Waals surface area contributed by atoms with E-state index in [0.717, 1.165) is 69.9 Å². The standard InChI is InChI=1S/C25H32FN3O3/c1-20(31)22-7-10-24(25(17-22)32-19-30)27(2)11-3-4-12-28-13-15-29(16-14-28)18-21-5-8-23(26)9-6-21/h5-10,17,19H,3-4,11-16,18H2,1-2H3. The van der Waals surface area contributed by atoms with E-state index in [2.05, 4.69) is 14.7 Å². The summed E-state index contributed by atoms with van der Waals surface area (Å²) in [5.74, 6) is 0.157. The predicted molar refractivity (Wildman–Crippen MR) is 124 cm³/mol. The number of hydrogen-bond acceptors (Lipinski definition) is 6. The van der Waals surface area contributed by atoms with Crippen LogP contribution in [0.2, 0.25) is 0 Å². The number of hydrogen-bond donors (Lipinski definition) is 0. The van der Waals surface area contributed by atoms with E-state index in [1.54, 1.807) is 12.1 Å². The molecule has 0 aliphatic carbocycles. The summed E-state index contributed by atoms with van der Waals surface area (Å²) in [6.07, 6.45) is 2.10. The van der Waals surface area contributed by atoms with E-state index >= 15 is 0 Å². The van der Waals surface area contributed by atoms with E-state index in [1.807, 2.05) is 25.2 Å². The second-order valence-corrected chi connectivity index (χ2v) is 8.33. The normalized spacial score (nSPS) is 14.8. The van der Waals surface area contributed by atoms with Crippen LogP contribution in [0.15, 0.2) is 42.5 Å². The van der Waals surface area contributed by atoms with Crippen LogP contribution >= 0.6 is 0 Å². The van der Waals surface area contributed by atoms with Crippen LogP contribution in [0.4, 0.5) is 10.1 Å².